The number of carbonyl (C=O) groups excluding carboxylic acids is 8. The van der Waals surface area contributed by atoms with Crippen molar-refractivity contribution in [1.29, 1.82) is 0 Å². The first-order valence-corrected chi connectivity index (χ1v) is 26.8. The summed E-state index contributed by atoms with van der Waals surface area (Å²) in [5.41, 5.74) is 11.6. The molecule has 76 heavy (non-hydrogen) atoms. The Labute approximate surface area is 447 Å². The summed E-state index contributed by atoms with van der Waals surface area (Å²) in [5, 5.41) is 48.7. The van der Waals surface area contributed by atoms with Crippen LogP contribution < -0.4 is 64.6 Å². The minimum absolute atomic E-state index is 0.0455. The van der Waals surface area contributed by atoms with Gasteiger partial charge in [0.1, 0.15) is 48.0 Å². The Morgan fingerprint density at radius 3 is 1.59 bits per heavy atom. The van der Waals surface area contributed by atoms with E-state index >= 15 is 0 Å². The van der Waals surface area contributed by atoms with Crippen LogP contribution in [0.15, 0.2) is 34.3 Å². The van der Waals surface area contributed by atoms with Crippen LogP contribution in [0.4, 0.5) is 0 Å². The van der Waals surface area contributed by atoms with Gasteiger partial charge < -0.3 is 79.7 Å². The molecular formula is C51H89N15O10. The lowest BCUT2D eigenvalue weighted by molar-refractivity contribution is -0.142. The van der Waals surface area contributed by atoms with E-state index in [2.05, 4.69) is 63.2 Å². The van der Waals surface area contributed by atoms with Gasteiger partial charge in [0.15, 0.2) is 11.9 Å². The highest BCUT2D eigenvalue weighted by Crippen LogP contribution is 2.21. The number of carbonyl (C=O) groups is 8. The first kappa shape index (κ1) is 65.4. The summed E-state index contributed by atoms with van der Waals surface area (Å²) < 4.78 is 0. The molecule has 8 amide bonds. The molecule has 8 atom stereocenters. The van der Waals surface area contributed by atoms with Crippen LogP contribution in [0.5, 0.6) is 5.75 Å². The highest BCUT2D eigenvalue weighted by Gasteiger charge is 2.39. The number of hydrogen-bond donors (Lipinski definition) is 14. The molecule has 25 heteroatoms. The summed E-state index contributed by atoms with van der Waals surface area (Å²) in [7, 11) is 0. The number of hydrogen-bond acceptors (Lipinski definition) is 13. The number of aliphatic hydroxyl groups excluding tert-OH is 1. The second-order valence-electron chi connectivity index (χ2n) is 19.2. The number of phenols is 1. The van der Waals surface area contributed by atoms with Gasteiger partial charge in [0, 0.05) is 52.2 Å². The minimum Gasteiger partial charge on any atom is -0.508 e. The van der Waals surface area contributed by atoms with Gasteiger partial charge in [-0.05, 0) is 123 Å². The van der Waals surface area contributed by atoms with Gasteiger partial charge in [0.2, 0.25) is 47.3 Å². The molecule has 1 aromatic rings. The number of unbranched alkanes of at least 4 members (excludes halogenated alkanes) is 2. The van der Waals surface area contributed by atoms with Crippen LogP contribution in [0.2, 0.25) is 0 Å². The normalized spacial score (nSPS) is 15.7. The summed E-state index contributed by atoms with van der Waals surface area (Å²) in [6.07, 6.45) is 2.84. The van der Waals surface area contributed by atoms with Crippen molar-refractivity contribution in [2.24, 2.45) is 27.4 Å². The third kappa shape index (κ3) is 23.8. The second-order valence-corrected chi connectivity index (χ2v) is 19.2. The highest BCUT2D eigenvalue weighted by molar-refractivity contribution is 5.98. The Bertz CT molecular complexity index is 2060. The lowest BCUT2D eigenvalue weighted by Gasteiger charge is -2.31. The number of aliphatic hydroxyl groups is 1. The molecule has 1 heterocycles. The topological polar surface area (TPSA) is 377 Å². The quantitative estimate of drug-likeness (QED) is 0.0210. The number of rotatable bonds is 33. The maximum Gasteiger partial charge on any atom is 0.245 e. The van der Waals surface area contributed by atoms with Gasteiger partial charge in [-0.1, -0.05) is 26.0 Å². The van der Waals surface area contributed by atoms with Gasteiger partial charge >= 0.3 is 0 Å². The van der Waals surface area contributed by atoms with Crippen molar-refractivity contribution in [3.8, 4) is 5.75 Å². The molecule has 25 nitrogen and oxygen atoms in total. The standard InChI is InChI=1S/C51H89N15O10/c1-9-54-50(55-10-2)58-25-15-13-18-36(61-46(73)39(29-34-21-23-35(68)24-22-34)64-47(74)40(30-67)65-43(70)32(7)52)44(71)63-38(28-31(5)6)45(72)62-37(19-14-16-26-59-51(56-11-3)57-12-4)49(76)66-27-17-20-41(66)48(75)60-33(8)42(53)69/h21-24,31-33,36-41,67-68H,9-20,25-30,52H2,1-8H3,(H2,53,69)(H,60,75)(H,61,73)(H,62,72)(H,63,71)(H,64,74)(H,65,70)(H2,54,55,58)(H2,56,57,59)/t32-,33-,36-,37+,38+,39+,40+,41+/m1/s1. The molecular weight excluding hydrogens is 983 g/mol. The van der Waals surface area contributed by atoms with Crippen molar-refractivity contribution < 1.29 is 48.6 Å². The van der Waals surface area contributed by atoms with Gasteiger partial charge in [-0.3, -0.25) is 48.3 Å². The second kappa shape index (κ2) is 35.5. The molecule has 16 N–H and O–H groups in total. The minimum atomic E-state index is -1.49. The van der Waals surface area contributed by atoms with E-state index in [-0.39, 0.29) is 43.9 Å². The number of aliphatic imine (C=N–C) groups is 2. The predicted molar refractivity (Wildman–Crippen MR) is 290 cm³/mol. The number of likely N-dealkylation sites (tertiary alicyclic amines) is 1. The van der Waals surface area contributed by atoms with Crippen molar-refractivity contribution in [3.05, 3.63) is 29.8 Å². The van der Waals surface area contributed by atoms with Crippen LogP contribution in [-0.2, 0) is 44.8 Å². The number of nitrogens with zero attached hydrogens (tertiary/aromatic N) is 3. The van der Waals surface area contributed by atoms with Crippen molar-refractivity contribution in [1.82, 2.24) is 58.1 Å². The number of benzene rings is 1. The van der Waals surface area contributed by atoms with Crippen LogP contribution in [0, 0.1) is 5.92 Å². The van der Waals surface area contributed by atoms with Crippen LogP contribution in [0.3, 0.4) is 0 Å². The largest absolute Gasteiger partial charge is 0.508 e. The van der Waals surface area contributed by atoms with Gasteiger partial charge in [-0.15, -0.1) is 0 Å². The van der Waals surface area contributed by atoms with E-state index in [0.717, 1.165) is 0 Å². The molecule has 0 radical (unpaired) electrons. The number of nitrogens with two attached hydrogens (primary N) is 2. The maximum atomic E-state index is 14.6. The number of phenolic OH excluding ortho intramolecular Hbond substituents is 1. The smallest absolute Gasteiger partial charge is 0.245 e. The highest BCUT2D eigenvalue weighted by atomic mass is 16.3. The van der Waals surface area contributed by atoms with E-state index < -0.39 is 102 Å². The van der Waals surface area contributed by atoms with E-state index in [1.54, 1.807) is 12.1 Å². The summed E-state index contributed by atoms with van der Waals surface area (Å²) in [6, 6.07) is -3.57. The zero-order valence-corrected chi connectivity index (χ0v) is 45.9. The Kier molecular flexibility index (Phi) is 30.5. The molecule has 0 bridgehead atoms. The Morgan fingerprint density at radius 2 is 1.09 bits per heavy atom. The fourth-order valence-corrected chi connectivity index (χ4v) is 8.10. The summed E-state index contributed by atoms with van der Waals surface area (Å²) in [5.74, 6) is -4.64. The van der Waals surface area contributed by atoms with E-state index in [0.29, 0.717) is 95.3 Å². The molecule has 1 aliphatic rings. The molecule has 1 saturated heterocycles. The van der Waals surface area contributed by atoms with E-state index in [9.17, 15) is 48.6 Å². The third-order valence-corrected chi connectivity index (χ3v) is 12.2. The summed E-state index contributed by atoms with van der Waals surface area (Å²) in [6.45, 7) is 17.1. The van der Waals surface area contributed by atoms with Crippen LogP contribution in [0.1, 0.15) is 119 Å². The summed E-state index contributed by atoms with van der Waals surface area (Å²) >= 11 is 0. The number of aromatic hydroxyl groups is 1. The van der Waals surface area contributed by atoms with Crippen molar-refractivity contribution in [2.75, 3.05) is 52.4 Å². The third-order valence-electron chi connectivity index (χ3n) is 12.2. The number of primary amides is 1. The molecule has 0 aromatic heterocycles. The van der Waals surface area contributed by atoms with E-state index in [4.69, 9.17) is 11.5 Å². The maximum absolute atomic E-state index is 14.6. The van der Waals surface area contributed by atoms with Crippen molar-refractivity contribution >= 4 is 59.2 Å². The molecule has 2 rings (SSSR count). The number of guanidine groups is 2. The fraction of sp³-hybridized carbons (Fsp3) is 0.686. The molecule has 0 unspecified atom stereocenters. The molecule has 0 saturated carbocycles. The fourth-order valence-electron chi connectivity index (χ4n) is 8.10. The SMILES string of the molecule is CCNC(=NCCCC[C@H](NC(=O)[C@H](CC(C)C)NC(=O)[C@@H](CCCCN=C(NCC)NCC)NC(=O)[C@H](Cc1ccc(O)cc1)NC(=O)[C@H](CO)NC(=O)[C@@H](C)N)C(=O)N1CCC[C@H]1C(=O)N[C@H](C)C(N)=O)NCC. The van der Waals surface area contributed by atoms with Gasteiger partial charge in [-0.25, -0.2) is 0 Å². The molecule has 1 aliphatic heterocycles. The number of amides is 8. The van der Waals surface area contributed by atoms with Crippen LogP contribution in [0.25, 0.3) is 0 Å². The average molecular weight is 1070 g/mol. The van der Waals surface area contributed by atoms with Gasteiger partial charge in [-0.2, -0.15) is 0 Å². The van der Waals surface area contributed by atoms with Gasteiger partial charge in [0.25, 0.3) is 0 Å². The van der Waals surface area contributed by atoms with Crippen LogP contribution >= 0.6 is 0 Å². The average Bonchev–Trinajstić information content (AvgIpc) is 3.87. The van der Waals surface area contributed by atoms with Gasteiger partial charge in [0.05, 0.1) is 12.6 Å². The van der Waals surface area contributed by atoms with Crippen molar-refractivity contribution in [2.45, 2.75) is 168 Å². The van der Waals surface area contributed by atoms with E-state index in [1.165, 1.54) is 30.9 Å². The Balaban J connectivity index is 2.56. The van der Waals surface area contributed by atoms with Crippen LogP contribution in [-0.4, -0.2) is 175 Å². The lowest BCUT2D eigenvalue weighted by atomic mass is 10.00. The van der Waals surface area contributed by atoms with E-state index in [1.807, 2.05) is 41.5 Å². The predicted octanol–water partition coefficient (Wildman–Crippen LogP) is -1.78. The monoisotopic (exact) mass is 1070 g/mol. The zero-order valence-electron chi connectivity index (χ0n) is 45.9. The Morgan fingerprint density at radius 1 is 0.632 bits per heavy atom. The van der Waals surface area contributed by atoms with Crippen molar-refractivity contribution in [3.63, 3.8) is 0 Å². The first-order chi connectivity index (χ1) is 36.2. The molecule has 0 aliphatic carbocycles. The summed E-state index contributed by atoms with van der Waals surface area (Å²) in [4.78, 5) is 120. The molecule has 1 aromatic carbocycles. The molecule has 1 fully saturated rings. The Hall–Kier alpha value is -6.76. The molecule has 0 spiro atoms. The number of nitrogens with one attached hydrogen (secondary N) is 10. The molecule has 428 valence electrons. The first-order valence-electron chi connectivity index (χ1n) is 26.8. The lowest BCUT2D eigenvalue weighted by Crippen LogP contribution is -2.60. The zero-order chi connectivity index (χ0) is 56.7.